The largest absolute Gasteiger partial charge is 0.340 e. The number of rotatable bonds is 2. The maximum atomic E-state index is 5.83. The van der Waals surface area contributed by atoms with Gasteiger partial charge < -0.3 is 10.3 Å². The van der Waals surface area contributed by atoms with E-state index in [1.54, 1.807) is 12.4 Å². The highest BCUT2D eigenvalue weighted by molar-refractivity contribution is 7.07. The summed E-state index contributed by atoms with van der Waals surface area (Å²) in [6, 6.07) is -0.385. The van der Waals surface area contributed by atoms with Crippen LogP contribution in [0.1, 0.15) is 23.5 Å². The second-order valence-electron chi connectivity index (χ2n) is 2.56. The summed E-state index contributed by atoms with van der Waals surface area (Å²) in [5.41, 5.74) is 8.33. The Kier molecular flexibility index (Phi) is 2.07. The summed E-state index contributed by atoms with van der Waals surface area (Å²) in [5.74, 6) is 0.990. The summed E-state index contributed by atoms with van der Waals surface area (Å²) in [7, 11) is 0. The van der Waals surface area contributed by atoms with Crippen molar-refractivity contribution in [2.45, 2.75) is 13.0 Å². The van der Waals surface area contributed by atoms with Crippen molar-refractivity contribution in [2.75, 3.05) is 0 Å². The molecule has 0 bridgehead atoms. The highest BCUT2D eigenvalue weighted by atomic mass is 32.1. The molecular weight excluding hydrogens is 188 g/mol. The van der Waals surface area contributed by atoms with Crippen LogP contribution in [0.3, 0.4) is 0 Å². The molecule has 2 rings (SSSR count). The van der Waals surface area contributed by atoms with E-state index in [0.717, 1.165) is 5.69 Å². The first-order chi connectivity index (χ1) is 6.27. The second-order valence-corrected chi connectivity index (χ2v) is 3.28. The molecule has 13 heavy (non-hydrogen) atoms. The standard InChI is InChI=1S/C7H8N4OS/c1-4-10-7(11-12-4)6(8)5-2-13-3-9-5/h2-3,6H,8H2,1H3. The molecule has 6 heteroatoms. The van der Waals surface area contributed by atoms with Gasteiger partial charge in [0.15, 0.2) is 5.82 Å². The third-order valence-corrected chi connectivity index (χ3v) is 2.20. The van der Waals surface area contributed by atoms with Gasteiger partial charge in [-0.2, -0.15) is 4.98 Å². The molecule has 0 spiro atoms. The molecule has 0 aliphatic heterocycles. The van der Waals surface area contributed by atoms with Gasteiger partial charge >= 0.3 is 0 Å². The van der Waals surface area contributed by atoms with Gasteiger partial charge in [-0.25, -0.2) is 4.98 Å². The monoisotopic (exact) mass is 196 g/mol. The molecule has 0 radical (unpaired) electrons. The van der Waals surface area contributed by atoms with Gasteiger partial charge in [-0.1, -0.05) is 5.16 Å². The second kappa shape index (κ2) is 3.23. The molecule has 2 aromatic rings. The molecule has 2 heterocycles. The van der Waals surface area contributed by atoms with Crippen LogP contribution in [0.15, 0.2) is 15.4 Å². The van der Waals surface area contributed by atoms with Crippen LogP contribution in [-0.2, 0) is 0 Å². The molecule has 0 aromatic carbocycles. The predicted molar refractivity (Wildman–Crippen MR) is 47.2 cm³/mol. The molecule has 5 nitrogen and oxygen atoms in total. The number of nitrogens with two attached hydrogens (primary N) is 1. The first kappa shape index (κ1) is 8.33. The van der Waals surface area contributed by atoms with E-state index in [-0.39, 0.29) is 6.04 Å². The van der Waals surface area contributed by atoms with Crippen LogP contribution in [0, 0.1) is 6.92 Å². The fourth-order valence-corrected chi connectivity index (χ4v) is 1.54. The highest BCUT2D eigenvalue weighted by Gasteiger charge is 2.16. The molecule has 0 aliphatic rings. The minimum Gasteiger partial charge on any atom is -0.340 e. The summed E-state index contributed by atoms with van der Waals surface area (Å²) >= 11 is 1.49. The Morgan fingerprint density at radius 2 is 2.46 bits per heavy atom. The van der Waals surface area contributed by atoms with Crippen LogP contribution >= 0.6 is 11.3 Å². The summed E-state index contributed by atoms with van der Waals surface area (Å²) in [5, 5.41) is 5.60. The lowest BCUT2D eigenvalue weighted by molar-refractivity contribution is 0.385. The fraction of sp³-hybridized carbons (Fsp3) is 0.286. The lowest BCUT2D eigenvalue weighted by Crippen LogP contribution is -2.13. The molecule has 1 unspecified atom stereocenters. The minimum absolute atomic E-state index is 0.385. The number of thiazole rings is 1. The van der Waals surface area contributed by atoms with E-state index < -0.39 is 0 Å². The Bertz CT molecular complexity index is 383. The first-order valence-electron chi connectivity index (χ1n) is 3.71. The molecule has 1 atom stereocenters. The van der Waals surface area contributed by atoms with Crippen molar-refractivity contribution in [1.82, 2.24) is 15.1 Å². The number of hydrogen-bond acceptors (Lipinski definition) is 6. The van der Waals surface area contributed by atoms with Crippen molar-refractivity contribution in [1.29, 1.82) is 0 Å². The zero-order valence-corrected chi connectivity index (χ0v) is 7.78. The van der Waals surface area contributed by atoms with Gasteiger partial charge in [0.25, 0.3) is 0 Å². The summed E-state index contributed by atoms with van der Waals surface area (Å²) in [6.07, 6.45) is 0. The van der Waals surface area contributed by atoms with E-state index in [4.69, 9.17) is 10.3 Å². The summed E-state index contributed by atoms with van der Waals surface area (Å²) in [6.45, 7) is 1.73. The first-order valence-corrected chi connectivity index (χ1v) is 4.65. The average molecular weight is 196 g/mol. The van der Waals surface area contributed by atoms with Crippen LogP contribution in [-0.4, -0.2) is 15.1 Å². The van der Waals surface area contributed by atoms with Gasteiger partial charge in [0.2, 0.25) is 5.89 Å². The van der Waals surface area contributed by atoms with Crippen molar-refractivity contribution in [3.8, 4) is 0 Å². The maximum absolute atomic E-state index is 5.83. The van der Waals surface area contributed by atoms with Gasteiger partial charge in [-0.05, 0) is 0 Å². The van der Waals surface area contributed by atoms with Gasteiger partial charge in [0, 0.05) is 12.3 Å². The van der Waals surface area contributed by atoms with E-state index in [1.807, 2.05) is 5.38 Å². The Morgan fingerprint density at radius 1 is 1.62 bits per heavy atom. The molecule has 0 saturated carbocycles. The highest BCUT2D eigenvalue weighted by Crippen LogP contribution is 2.16. The summed E-state index contributed by atoms with van der Waals surface area (Å²) in [4.78, 5) is 8.10. The molecular formula is C7H8N4OS. The third kappa shape index (κ3) is 1.58. The van der Waals surface area contributed by atoms with Crippen molar-refractivity contribution in [3.05, 3.63) is 28.3 Å². The predicted octanol–water partition coefficient (Wildman–Crippen LogP) is 0.883. The lowest BCUT2D eigenvalue weighted by Gasteiger charge is -2.00. The molecule has 0 aliphatic carbocycles. The molecule has 2 N–H and O–H groups in total. The SMILES string of the molecule is Cc1nc(C(N)c2cscn2)no1. The zero-order valence-electron chi connectivity index (χ0n) is 6.97. The van der Waals surface area contributed by atoms with Crippen LogP contribution in [0.5, 0.6) is 0 Å². The fourth-order valence-electron chi connectivity index (χ4n) is 0.949. The van der Waals surface area contributed by atoms with Gasteiger partial charge in [0.05, 0.1) is 11.2 Å². The van der Waals surface area contributed by atoms with E-state index >= 15 is 0 Å². The van der Waals surface area contributed by atoms with E-state index in [2.05, 4.69) is 15.1 Å². The minimum atomic E-state index is -0.385. The molecule has 0 saturated heterocycles. The summed E-state index contributed by atoms with van der Waals surface area (Å²) < 4.78 is 4.82. The quantitative estimate of drug-likeness (QED) is 0.771. The van der Waals surface area contributed by atoms with E-state index in [9.17, 15) is 0 Å². The van der Waals surface area contributed by atoms with Gasteiger partial charge in [-0.3, -0.25) is 0 Å². The van der Waals surface area contributed by atoms with Crippen molar-refractivity contribution >= 4 is 11.3 Å². The van der Waals surface area contributed by atoms with Crippen LogP contribution < -0.4 is 5.73 Å². The number of nitrogens with zero attached hydrogens (tertiary/aromatic N) is 3. The third-order valence-electron chi connectivity index (χ3n) is 1.59. The van der Waals surface area contributed by atoms with Crippen LogP contribution in [0.2, 0.25) is 0 Å². The Balaban J connectivity index is 2.28. The maximum Gasteiger partial charge on any atom is 0.223 e. The zero-order chi connectivity index (χ0) is 9.26. The molecule has 2 aromatic heterocycles. The number of aromatic nitrogens is 3. The Morgan fingerprint density at radius 3 is 3.00 bits per heavy atom. The normalized spacial score (nSPS) is 13.1. The van der Waals surface area contributed by atoms with Gasteiger partial charge in [0.1, 0.15) is 6.04 Å². The van der Waals surface area contributed by atoms with Gasteiger partial charge in [-0.15, -0.1) is 11.3 Å². The topological polar surface area (TPSA) is 77.8 Å². The van der Waals surface area contributed by atoms with Crippen LogP contribution in [0.25, 0.3) is 0 Å². The van der Waals surface area contributed by atoms with Crippen molar-refractivity contribution in [3.63, 3.8) is 0 Å². The van der Waals surface area contributed by atoms with Crippen molar-refractivity contribution in [2.24, 2.45) is 5.73 Å². The van der Waals surface area contributed by atoms with Crippen molar-refractivity contribution < 1.29 is 4.52 Å². The molecule has 0 amide bonds. The Hall–Kier alpha value is -1.27. The van der Waals surface area contributed by atoms with E-state index in [1.165, 1.54) is 11.3 Å². The Labute approximate surface area is 78.6 Å². The number of aryl methyl sites for hydroxylation is 1. The molecule has 68 valence electrons. The molecule has 0 fully saturated rings. The number of hydrogen-bond donors (Lipinski definition) is 1. The van der Waals surface area contributed by atoms with Crippen LogP contribution in [0.4, 0.5) is 0 Å². The average Bonchev–Trinajstić information content (AvgIpc) is 2.72. The smallest absolute Gasteiger partial charge is 0.223 e. The van der Waals surface area contributed by atoms with E-state index in [0.29, 0.717) is 11.7 Å². The lowest BCUT2D eigenvalue weighted by atomic mass is 10.2.